The minimum Gasteiger partial charge on any atom is -0.497 e. The highest BCUT2D eigenvalue weighted by Gasteiger charge is 2.25. The second-order valence-corrected chi connectivity index (χ2v) is 8.08. The van der Waals surface area contributed by atoms with Gasteiger partial charge in [-0.25, -0.2) is 0 Å². The number of anilines is 1. The molecule has 0 bridgehead atoms. The van der Waals surface area contributed by atoms with Crippen molar-refractivity contribution in [2.24, 2.45) is 0 Å². The first-order chi connectivity index (χ1) is 13.9. The lowest BCUT2D eigenvalue weighted by Gasteiger charge is -2.34. The standard InChI is InChI=1S/C22H26BrN3O3/c1-15-5-4-6-16(2)21(15)24-20(27)14-25-9-11-26(12-10-25)22(28)18-13-17(29-3)7-8-19(18)23/h4-8,13H,9-12,14H2,1-3H3,(H,24,27). The van der Waals surface area contributed by atoms with Crippen LogP contribution in [0.15, 0.2) is 40.9 Å². The van der Waals surface area contributed by atoms with Crippen LogP contribution in [-0.4, -0.2) is 61.4 Å². The summed E-state index contributed by atoms with van der Waals surface area (Å²) in [6.07, 6.45) is 0. The maximum absolute atomic E-state index is 12.9. The third-order valence-electron chi connectivity index (χ3n) is 5.18. The molecule has 0 spiro atoms. The van der Waals surface area contributed by atoms with Crippen LogP contribution in [0.25, 0.3) is 0 Å². The molecule has 1 heterocycles. The van der Waals surface area contributed by atoms with Crippen LogP contribution in [0.2, 0.25) is 0 Å². The maximum Gasteiger partial charge on any atom is 0.255 e. The number of benzene rings is 2. The average Bonchev–Trinajstić information content (AvgIpc) is 2.71. The fourth-order valence-electron chi connectivity index (χ4n) is 3.47. The largest absolute Gasteiger partial charge is 0.497 e. The van der Waals surface area contributed by atoms with Crippen LogP contribution in [-0.2, 0) is 4.79 Å². The van der Waals surface area contributed by atoms with Crippen molar-refractivity contribution in [1.29, 1.82) is 0 Å². The molecule has 1 N–H and O–H groups in total. The zero-order valence-electron chi connectivity index (χ0n) is 17.0. The molecular formula is C22H26BrN3O3. The number of piperazine rings is 1. The molecule has 0 aliphatic carbocycles. The van der Waals surface area contributed by atoms with Crippen molar-refractivity contribution in [3.63, 3.8) is 0 Å². The summed E-state index contributed by atoms with van der Waals surface area (Å²) in [5.41, 5.74) is 3.58. The van der Waals surface area contributed by atoms with Gasteiger partial charge in [-0.2, -0.15) is 0 Å². The van der Waals surface area contributed by atoms with E-state index in [0.29, 0.717) is 44.0 Å². The zero-order valence-corrected chi connectivity index (χ0v) is 18.6. The Bertz CT molecular complexity index is 888. The molecule has 0 radical (unpaired) electrons. The van der Waals surface area contributed by atoms with E-state index >= 15 is 0 Å². The van der Waals surface area contributed by atoms with Crippen LogP contribution in [0, 0.1) is 13.8 Å². The van der Waals surface area contributed by atoms with Gasteiger partial charge in [-0.3, -0.25) is 14.5 Å². The lowest BCUT2D eigenvalue weighted by Crippen LogP contribution is -2.50. The zero-order chi connectivity index (χ0) is 21.0. The Balaban J connectivity index is 1.55. The van der Waals surface area contributed by atoms with Crippen LogP contribution in [0.5, 0.6) is 5.75 Å². The summed E-state index contributed by atoms with van der Waals surface area (Å²) in [4.78, 5) is 29.3. The van der Waals surface area contributed by atoms with Crippen molar-refractivity contribution in [3.05, 3.63) is 57.6 Å². The summed E-state index contributed by atoms with van der Waals surface area (Å²) >= 11 is 3.45. The number of ether oxygens (including phenoxy) is 1. The molecule has 2 aromatic carbocycles. The van der Waals surface area contributed by atoms with Gasteiger partial charge in [0.2, 0.25) is 5.91 Å². The van der Waals surface area contributed by atoms with Crippen LogP contribution >= 0.6 is 15.9 Å². The Labute approximate surface area is 180 Å². The number of carbonyl (C=O) groups is 2. The van der Waals surface area contributed by atoms with E-state index in [0.717, 1.165) is 21.3 Å². The van der Waals surface area contributed by atoms with Gasteiger partial charge < -0.3 is 15.0 Å². The van der Waals surface area contributed by atoms with E-state index in [1.54, 1.807) is 13.2 Å². The van der Waals surface area contributed by atoms with Crippen molar-refractivity contribution in [2.45, 2.75) is 13.8 Å². The van der Waals surface area contributed by atoms with E-state index in [-0.39, 0.29) is 11.8 Å². The molecule has 1 saturated heterocycles. The minimum atomic E-state index is -0.0320. The fraction of sp³-hybridized carbons (Fsp3) is 0.364. The summed E-state index contributed by atoms with van der Waals surface area (Å²) in [6.45, 7) is 6.78. The highest BCUT2D eigenvalue weighted by atomic mass is 79.9. The molecule has 154 valence electrons. The van der Waals surface area contributed by atoms with E-state index in [1.165, 1.54) is 0 Å². The van der Waals surface area contributed by atoms with Gasteiger partial charge in [0.25, 0.3) is 5.91 Å². The number of nitrogens with zero attached hydrogens (tertiary/aromatic N) is 2. The second kappa shape index (κ2) is 9.41. The highest BCUT2D eigenvalue weighted by Crippen LogP contribution is 2.24. The normalized spacial score (nSPS) is 14.6. The van der Waals surface area contributed by atoms with E-state index in [1.807, 2.05) is 49.1 Å². The molecule has 2 aromatic rings. The van der Waals surface area contributed by atoms with Crippen LogP contribution < -0.4 is 10.1 Å². The first kappa shape index (κ1) is 21.3. The molecule has 0 saturated carbocycles. The summed E-state index contributed by atoms with van der Waals surface area (Å²) in [6, 6.07) is 11.3. The fourth-order valence-corrected chi connectivity index (χ4v) is 3.88. The molecule has 2 amide bonds. The molecule has 7 heteroatoms. The number of rotatable bonds is 5. The number of nitrogens with one attached hydrogen (secondary N) is 1. The van der Waals surface area contributed by atoms with Crippen LogP contribution in [0.1, 0.15) is 21.5 Å². The Kier molecular flexibility index (Phi) is 6.92. The SMILES string of the molecule is COc1ccc(Br)c(C(=O)N2CCN(CC(=O)Nc3c(C)cccc3C)CC2)c1. The van der Waals surface area contributed by atoms with Crippen LogP contribution in [0.4, 0.5) is 5.69 Å². The number of methoxy groups -OCH3 is 1. The lowest BCUT2D eigenvalue weighted by atomic mass is 10.1. The van der Waals surface area contributed by atoms with E-state index in [4.69, 9.17) is 4.74 Å². The molecule has 1 fully saturated rings. The number of hydrogen-bond donors (Lipinski definition) is 1. The van der Waals surface area contributed by atoms with Crippen molar-refractivity contribution in [1.82, 2.24) is 9.80 Å². The Morgan fingerprint density at radius 1 is 1.07 bits per heavy atom. The molecule has 0 atom stereocenters. The van der Waals surface area contributed by atoms with E-state index < -0.39 is 0 Å². The monoisotopic (exact) mass is 459 g/mol. The Morgan fingerprint density at radius 2 is 1.72 bits per heavy atom. The van der Waals surface area contributed by atoms with Gasteiger partial charge in [0.05, 0.1) is 19.2 Å². The average molecular weight is 460 g/mol. The van der Waals surface area contributed by atoms with Gasteiger partial charge in [0, 0.05) is 36.3 Å². The summed E-state index contributed by atoms with van der Waals surface area (Å²) in [5.74, 6) is 0.589. The van der Waals surface area contributed by atoms with E-state index in [9.17, 15) is 9.59 Å². The first-order valence-electron chi connectivity index (χ1n) is 9.60. The molecular weight excluding hydrogens is 434 g/mol. The Hall–Kier alpha value is -2.38. The summed E-state index contributed by atoms with van der Waals surface area (Å²) < 4.78 is 5.98. The van der Waals surface area contributed by atoms with Crippen LogP contribution in [0.3, 0.4) is 0 Å². The number of para-hydroxylation sites is 1. The Morgan fingerprint density at radius 3 is 2.34 bits per heavy atom. The number of hydrogen-bond acceptors (Lipinski definition) is 4. The molecule has 0 aromatic heterocycles. The van der Waals surface area contributed by atoms with Crippen molar-refractivity contribution in [3.8, 4) is 5.75 Å². The number of amides is 2. The van der Waals surface area contributed by atoms with E-state index in [2.05, 4.69) is 26.1 Å². The topological polar surface area (TPSA) is 61.9 Å². The number of aryl methyl sites for hydroxylation is 2. The third kappa shape index (κ3) is 5.16. The predicted molar refractivity (Wildman–Crippen MR) is 118 cm³/mol. The summed E-state index contributed by atoms with van der Waals surface area (Å²) in [5, 5.41) is 3.02. The summed E-state index contributed by atoms with van der Waals surface area (Å²) in [7, 11) is 1.58. The van der Waals surface area contributed by atoms with Gasteiger partial charge >= 0.3 is 0 Å². The predicted octanol–water partition coefficient (Wildman–Crippen LogP) is 3.47. The lowest BCUT2D eigenvalue weighted by molar-refractivity contribution is -0.117. The molecule has 29 heavy (non-hydrogen) atoms. The van der Waals surface area contributed by atoms with Gasteiger partial charge in [-0.05, 0) is 59.1 Å². The smallest absolute Gasteiger partial charge is 0.255 e. The quantitative estimate of drug-likeness (QED) is 0.743. The third-order valence-corrected chi connectivity index (χ3v) is 5.87. The molecule has 1 aliphatic heterocycles. The number of carbonyl (C=O) groups excluding carboxylic acids is 2. The van der Waals surface area contributed by atoms with Gasteiger partial charge in [0.1, 0.15) is 5.75 Å². The highest BCUT2D eigenvalue weighted by molar-refractivity contribution is 9.10. The van der Waals surface area contributed by atoms with Gasteiger partial charge in [-0.1, -0.05) is 18.2 Å². The number of halogens is 1. The van der Waals surface area contributed by atoms with Gasteiger partial charge in [-0.15, -0.1) is 0 Å². The molecule has 1 aliphatic rings. The van der Waals surface area contributed by atoms with Crippen molar-refractivity contribution in [2.75, 3.05) is 45.2 Å². The van der Waals surface area contributed by atoms with Crippen molar-refractivity contribution >= 4 is 33.4 Å². The van der Waals surface area contributed by atoms with Crippen molar-refractivity contribution < 1.29 is 14.3 Å². The molecule has 0 unspecified atom stereocenters. The first-order valence-corrected chi connectivity index (χ1v) is 10.4. The second-order valence-electron chi connectivity index (χ2n) is 7.23. The maximum atomic E-state index is 12.9. The molecule has 3 rings (SSSR count). The minimum absolute atomic E-state index is 0.0299. The van der Waals surface area contributed by atoms with Gasteiger partial charge in [0.15, 0.2) is 0 Å². The molecule has 6 nitrogen and oxygen atoms in total.